The number of esters is 1. The molecule has 0 radical (unpaired) electrons. The van der Waals surface area contributed by atoms with Crippen molar-refractivity contribution in [3.05, 3.63) is 29.8 Å². The molecule has 0 saturated carbocycles. The molecule has 1 aromatic rings. The average Bonchev–Trinajstić information content (AvgIpc) is 2.27. The predicted octanol–water partition coefficient (Wildman–Crippen LogP) is 2.21. The van der Waals surface area contributed by atoms with E-state index in [4.69, 9.17) is 0 Å². The molecule has 6 heteroatoms. The number of rotatable bonds is 4. The number of halogens is 2. The van der Waals surface area contributed by atoms with Gasteiger partial charge in [-0.15, -0.1) is 0 Å². The minimum atomic E-state index is -2.61. The third-order valence-corrected chi connectivity index (χ3v) is 2.66. The number of ether oxygens (including phenoxy) is 1. The van der Waals surface area contributed by atoms with Crippen LogP contribution in [0.25, 0.3) is 0 Å². The third-order valence-electron chi connectivity index (χ3n) is 1.85. The molecular weight excluding hydrogens is 238 g/mol. The Bertz CT molecular complexity index is 371. The summed E-state index contributed by atoms with van der Waals surface area (Å²) in [6.07, 6.45) is -1.53. The fourth-order valence-electron chi connectivity index (χ4n) is 1.15. The number of carbonyl (C=O) groups is 1. The molecule has 0 amide bonds. The zero-order valence-electron chi connectivity index (χ0n) is 8.39. The number of carbonyl (C=O) groups excluding carboxylic acids is 1. The quantitative estimate of drug-likeness (QED) is 0.655. The summed E-state index contributed by atoms with van der Waals surface area (Å²) in [6.45, 7) is 0. The maximum absolute atomic E-state index is 12.2. The van der Waals surface area contributed by atoms with Crippen LogP contribution in [0.5, 0.6) is 0 Å². The molecule has 0 saturated heterocycles. The first-order valence-corrected chi connectivity index (χ1v) is 5.24. The lowest BCUT2D eigenvalue weighted by Crippen LogP contribution is -2.14. The number of methoxy groups -OCH3 is 1. The van der Waals surface area contributed by atoms with Crippen LogP contribution in [0.3, 0.4) is 0 Å². The van der Waals surface area contributed by atoms with Gasteiger partial charge in [0.05, 0.1) is 7.11 Å². The lowest BCUT2D eigenvalue weighted by atomic mass is 10.1. The SMILES string of the molecule is COC(=O)C(O)c1ccccc1SC(F)F. The van der Waals surface area contributed by atoms with Gasteiger partial charge >= 0.3 is 5.97 Å². The molecule has 1 N–H and O–H groups in total. The van der Waals surface area contributed by atoms with Crippen molar-refractivity contribution in [1.29, 1.82) is 0 Å². The van der Waals surface area contributed by atoms with E-state index in [2.05, 4.69) is 4.74 Å². The van der Waals surface area contributed by atoms with E-state index in [0.717, 1.165) is 7.11 Å². The molecule has 0 bridgehead atoms. The largest absolute Gasteiger partial charge is 0.467 e. The number of benzene rings is 1. The first-order chi connectivity index (χ1) is 7.56. The molecule has 88 valence electrons. The highest BCUT2D eigenvalue weighted by Gasteiger charge is 2.22. The molecule has 0 heterocycles. The number of hydrogen-bond donors (Lipinski definition) is 1. The topological polar surface area (TPSA) is 46.5 Å². The second-order valence-corrected chi connectivity index (χ2v) is 3.87. The Morgan fingerprint density at radius 2 is 2.06 bits per heavy atom. The van der Waals surface area contributed by atoms with E-state index >= 15 is 0 Å². The fourth-order valence-corrected chi connectivity index (χ4v) is 1.81. The molecular formula is C10H10F2O3S. The van der Waals surface area contributed by atoms with Crippen LogP contribution < -0.4 is 0 Å². The number of aliphatic hydroxyl groups excluding tert-OH is 1. The van der Waals surface area contributed by atoms with Crippen molar-refractivity contribution in [2.75, 3.05) is 7.11 Å². The lowest BCUT2D eigenvalue weighted by molar-refractivity contribution is -0.150. The van der Waals surface area contributed by atoms with Gasteiger partial charge in [-0.2, -0.15) is 8.78 Å². The van der Waals surface area contributed by atoms with Crippen molar-refractivity contribution in [2.24, 2.45) is 0 Å². The van der Waals surface area contributed by atoms with Gasteiger partial charge in [0.2, 0.25) is 0 Å². The highest BCUT2D eigenvalue weighted by Crippen LogP contribution is 2.31. The zero-order chi connectivity index (χ0) is 12.1. The molecule has 0 spiro atoms. The summed E-state index contributed by atoms with van der Waals surface area (Å²) in [5, 5.41) is 9.55. The van der Waals surface area contributed by atoms with Gasteiger partial charge in [-0.3, -0.25) is 0 Å². The first-order valence-electron chi connectivity index (χ1n) is 4.36. The molecule has 0 aliphatic rings. The molecule has 1 unspecified atom stereocenters. The second kappa shape index (κ2) is 5.81. The smallest absolute Gasteiger partial charge is 0.339 e. The molecule has 0 aliphatic heterocycles. The summed E-state index contributed by atoms with van der Waals surface area (Å²) in [7, 11) is 1.12. The van der Waals surface area contributed by atoms with Gasteiger partial charge in [0.15, 0.2) is 6.10 Å². The van der Waals surface area contributed by atoms with Crippen LogP contribution in [-0.2, 0) is 9.53 Å². The normalized spacial score (nSPS) is 12.6. The molecule has 0 fully saturated rings. The standard InChI is InChI=1S/C10H10F2O3S/c1-15-9(14)8(13)6-4-2-3-5-7(6)16-10(11)12/h2-5,8,10,13H,1H3. The lowest BCUT2D eigenvalue weighted by Gasteiger charge is -2.12. The van der Waals surface area contributed by atoms with E-state index in [1.54, 1.807) is 12.1 Å². The van der Waals surface area contributed by atoms with Crippen molar-refractivity contribution in [1.82, 2.24) is 0 Å². The van der Waals surface area contributed by atoms with Crippen molar-refractivity contribution in [2.45, 2.75) is 16.8 Å². The Morgan fingerprint density at radius 1 is 1.44 bits per heavy atom. The predicted molar refractivity (Wildman–Crippen MR) is 55.3 cm³/mol. The summed E-state index contributed by atoms with van der Waals surface area (Å²) in [6, 6.07) is 5.93. The molecule has 0 aromatic heterocycles. The summed E-state index contributed by atoms with van der Waals surface area (Å²) in [4.78, 5) is 11.2. The van der Waals surface area contributed by atoms with Crippen LogP contribution in [0.15, 0.2) is 29.2 Å². The van der Waals surface area contributed by atoms with E-state index in [1.165, 1.54) is 12.1 Å². The van der Waals surface area contributed by atoms with Crippen molar-refractivity contribution in [3.8, 4) is 0 Å². The molecule has 1 aromatic carbocycles. The van der Waals surface area contributed by atoms with Crippen molar-refractivity contribution < 1.29 is 23.4 Å². The van der Waals surface area contributed by atoms with E-state index in [1.807, 2.05) is 0 Å². The van der Waals surface area contributed by atoms with Gasteiger partial charge in [-0.1, -0.05) is 30.0 Å². The van der Waals surface area contributed by atoms with Gasteiger partial charge in [0.1, 0.15) is 0 Å². The maximum Gasteiger partial charge on any atom is 0.339 e. The minimum Gasteiger partial charge on any atom is -0.467 e. The summed E-state index contributed by atoms with van der Waals surface area (Å²) in [5.74, 6) is -3.48. The first kappa shape index (κ1) is 12.9. The van der Waals surface area contributed by atoms with Crippen molar-refractivity contribution in [3.63, 3.8) is 0 Å². The summed E-state index contributed by atoms with van der Waals surface area (Å²) in [5.41, 5.74) is 0.125. The van der Waals surface area contributed by atoms with E-state index in [9.17, 15) is 18.7 Å². The molecule has 0 aliphatic carbocycles. The highest BCUT2D eigenvalue weighted by atomic mass is 32.2. The average molecular weight is 248 g/mol. The van der Waals surface area contributed by atoms with Crippen LogP contribution in [-0.4, -0.2) is 23.9 Å². The molecule has 1 rings (SSSR count). The Kier molecular flexibility index (Phi) is 4.70. The Labute approximate surface area is 95.4 Å². The maximum atomic E-state index is 12.2. The second-order valence-electron chi connectivity index (χ2n) is 2.84. The monoisotopic (exact) mass is 248 g/mol. The fraction of sp³-hybridized carbons (Fsp3) is 0.300. The zero-order valence-corrected chi connectivity index (χ0v) is 9.21. The Balaban J connectivity index is 2.98. The third kappa shape index (κ3) is 3.18. The highest BCUT2D eigenvalue weighted by molar-refractivity contribution is 7.99. The van der Waals surface area contributed by atoms with Crippen LogP contribution in [0.4, 0.5) is 8.78 Å². The van der Waals surface area contributed by atoms with Gasteiger partial charge in [0, 0.05) is 10.5 Å². The van der Waals surface area contributed by atoms with E-state index < -0.39 is 17.8 Å². The summed E-state index contributed by atoms with van der Waals surface area (Å²) >= 11 is 0.280. The van der Waals surface area contributed by atoms with Gasteiger partial charge in [0.25, 0.3) is 5.76 Å². The van der Waals surface area contributed by atoms with Crippen LogP contribution in [0, 0.1) is 0 Å². The van der Waals surface area contributed by atoms with Crippen LogP contribution >= 0.6 is 11.8 Å². The molecule has 16 heavy (non-hydrogen) atoms. The number of thioether (sulfide) groups is 1. The van der Waals surface area contributed by atoms with Gasteiger partial charge in [-0.25, -0.2) is 4.79 Å². The number of alkyl halides is 2. The van der Waals surface area contributed by atoms with E-state index in [-0.39, 0.29) is 22.2 Å². The van der Waals surface area contributed by atoms with Crippen molar-refractivity contribution >= 4 is 17.7 Å². The Hall–Kier alpha value is -1.14. The number of hydrogen-bond acceptors (Lipinski definition) is 4. The summed E-state index contributed by atoms with van der Waals surface area (Å²) < 4.78 is 28.8. The van der Waals surface area contributed by atoms with Gasteiger partial charge < -0.3 is 9.84 Å². The molecule has 1 atom stereocenters. The van der Waals surface area contributed by atoms with E-state index in [0.29, 0.717) is 0 Å². The van der Waals surface area contributed by atoms with Crippen LogP contribution in [0.1, 0.15) is 11.7 Å². The molecule has 3 nitrogen and oxygen atoms in total. The Morgan fingerprint density at radius 3 is 2.62 bits per heavy atom. The number of aliphatic hydroxyl groups is 1. The van der Waals surface area contributed by atoms with Crippen LogP contribution in [0.2, 0.25) is 0 Å². The minimum absolute atomic E-state index is 0.125. The van der Waals surface area contributed by atoms with Gasteiger partial charge in [-0.05, 0) is 6.07 Å².